The van der Waals surface area contributed by atoms with E-state index in [0.717, 1.165) is 4.90 Å². The Kier molecular flexibility index (Phi) is 4.95. The molecule has 0 saturated carbocycles. The normalized spacial score (nSPS) is 12.1. The van der Waals surface area contributed by atoms with Crippen molar-refractivity contribution in [1.82, 2.24) is 0 Å². The van der Waals surface area contributed by atoms with Crippen molar-refractivity contribution in [1.29, 1.82) is 0 Å². The highest BCUT2D eigenvalue weighted by atomic mass is 79.9. The molecule has 1 aromatic carbocycles. The van der Waals surface area contributed by atoms with Gasteiger partial charge in [-0.2, -0.15) is 0 Å². The summed E-state index contributed by atoms with van der Waals surface area (Å²) in [4.78, 5) is 21.4. The van der Waals surface area contributed by atoms with Crippen molar-refractivity contribution in [3.8, 4) is 0 Å². The van der Waals surface area contributed by atoms with Crippen LogP contribution in [0.2, 0.25) is 0 Å². The molecular weight excluding hydrogens is 310 g/mol. The van der Waals surface area contributed by atoms with Gasteiger partial charge in [0.1, 0.15) is 0 Å². The first-order valence-electron chi connectivity index (χ1n) is 4.72. The SMILES string of the molecule is CC(CC(=O)O)Sc1ccc([N+](=O)[O-])cc1Br. The topological polar surface area (TPSA) is 80.4 Å². The fourth-order valence-corrected chi connectivity index (χ4v) is 2.83. The molecule has 17 heavy (non-hydrogen) atoms. The number of hydrogen-bond acceptors (Lipinski definition) is 4. The molecule has 1 N–H and O–H groups in total. The van der Waals surface area contributed by atoms with Crippen LogP contribution < -0.4 is 0 Å². The van der Waals surface area contributed by atoms with E-state index in [1.165, 1.54) is 23.9 Å². The van der Waals surface area contributed by atoms with Crippen LogP contribution in [0, 0.1) is 10.1 Å². The van der Waals surface area contributed by atoms with Gasteiger partial charge in [0.2, 0.25) is 0 Å². The van der Waals surface area contributed by atoms with Gasteiger partial charge in [0, 0.05) is 26.8 Å². The molecule has 0 fully saturated rings. The second-order valence-electron chi connectivity index (χ2n) is 3.40. The van der Waals surface area contributed by atoms with Crippen LogP contribution in [0.4, 0.5) is 5.69 Å². The monoisotopic (exact) mass is 319 g/mol. The Morgan fingerprint density at radius 2 is 2.29 bits per heavy atom. The maximum atomic E-state index is 10.5. The van der Waals surface area contributed by atoms with E-state index < -0.39 is 10.9 Å². The molecular formula is C10H10BrNO4S. The van der Waals surface area contributed by atoms with Gasteiger partial charge in [0.25, 0.3) is 5.69 Å². The number of benzene rings is 1. The summed E-state index contributed by atoms with van der Waals surface area (Å²) in [5.41, 5.74) is 0.00659. The van der Waals surface area contributed by atoms with Gasteiger partial charge in [-0.3, -0.25) is 14.9 Å². The minimum atomic E-state index is -0.858. The number of halogens is 1. The summed E-state index contributed by atoms with van der Waals surface area (Å²) >= 11 is 4.61. The number of carbonyl (C=O) groups is 1. The maximum Gasteiger partial charge on any atom is 0.304 e. The summed E-state index contributed by atoms with van der Waals surface area (Å²) in [5, 5.41) is 19.1. The van der Waals surface area contributed by atoms with Crippen LogP contribution >= 0.6 is 27.7 Å². The molecule has 7 heteroatoms. The van der Waals surface area contributed by atoms with Gasteiger partial charge in [0.15, 0.2) is 0 Å². The number of non-ortho nitro benzene ring substituents is 1. The van der Waals surface area contributed by atoms with Gasteiger partial charge in [-0.1, -0.05) is 6.92 Å². The first-order valence-corrected chi connectivity index (χ1v) is 6.40. The minimum absolute atomic E-state index is 0.00659. The van der Waals surface area contributed by atoms with E-state index in [-0.39, 0.29) is 17.4 Å². The zero-order chi connectivity index (χ0) is 13.0. The molecule has 1 atom stereocenters. The summed E-state index contributed by atoms with van der Waals surface area (Å²) in [6.07, 6.45) is 0.0497. The lowest BCUT2D eigenvalue weighted by atomic mass is 10.3. The predicted molar refractivity (Wildman–Crippen MR) is 68.4 cm³/mol. The number of hydrogen-bond donors (Lipinski definition) is 1. The zero-order valence-corrected chi connectivity index (χ0v) is 11.3. The molecule has 0 bridgehead atoms. The van der Waals surface area contributed by atoms with Crippen LogP contribution in [-0.4, -0.2) is 21.2 Å². The molecule has 1 unspecified atom stereocenters. The highest BCUT2D eigenvalue weighted by Gasteiger charge is 2.14. The summed E-state index contributed by atoms with van der Waals surface area (Å²) in [5.74, 6) is -0.858. The largest absolute Gasteiger partial charge is 0.481 e. The number of nitro benzene ring substituents is 1. The summed E-state index contributed by atoms with van der Waals surface area (Å²) in [6, 6.07) is 4.43. The van der Waals surface area contributed by atoms with Gasteiger partial charge >= 0.3 is 5.97 Å². The van der Waals surface area contributed by atoms with Crippen LogP contribution in [0.3, 0.4) is 0 Å². The lowest BCUT2D eigenvalue weighted by molar-refractivity contribution is -0.385. The van der Waals surface area contributed by atoms with Crippen molar-refractivity contribution in [3.63, 3.8) is 0 Å². The molecule has 0 aliphatic heterocycles. The van der Waals surface area contributed by atoms with Crippen molar-refractivity contribution < 1.29 is 14.8 Å². The Labute approximate surface area is 110 Å². The van der Waals surface area contributed by atoms with E-state index in [1.807, 2.05) is 0 Å². The first-order chi connectivity index (χ1) is 7.90. The third-order valence-corrected chi connectivity index (χ3v) is 4.01. The minimum Gasteiger partial charge on any atom is -0.481 e. The highest BCUT2D eigenvalue weighted by molar-refractivity contribution is 9.10. The fourth-order valence-electron chi connectivity index (χ4n) is 1.20. The smallest absolute Gasteiger partial charge is 0.304 e. The number of nitro groups is 1. The Morgan fingerprint density at radius 1 is 1.65 bits per heavy atom. The van der Waals surface area contributed by atoms with E-state index >= 15 is 0 Å². The van der Waals surface area contributed by atoms with E-state index in [0.29, 0.717) is 4.47 Å². The van der Waals surface area contributed by atoms with Crippen molar-refractivity contribution in [2.24, 2.45) is 0 Å². The number of aliphatic carboxylic acids is 1. The van der Waals surface area contributed by atoms with Crippen LogP contribution in [0.1, 0.15) is 13.3 Å². The lowest BCUT2D eigenvalue weighted by Crippen LogP contribution is -2.05. The van der Waals surface area contributed by atoms with Crippen molar-refractivity contribution in [3.05, 3.63) is 32.8 Å². The Hall–Kier alpha value is -1.08. The molecule has 0 amide bonds. The molecule has 0 radical (unpaired) electrons. The van der Waals surface area contributed by atoms with E-state index in [4.69, 9.17) is 5.11 Å². The molecule has 1 rings (SSSR count). The second-order valence-corrected chi connectivity index (χ2v) is 5.73. The molecule has 0 aliphatic carbocycles. The zero-order valence-electron chi connectivity index (χ0n) is 8.92. The third-order valence-electron chi connectivity index (χ3n) is 1.92. The molecule has 0 spiro atoms. The third kappa shape index (κ3) is 4.35. The molecule has 0 aromatic heterocycles. The standard InChI is InChI=1S/C10H10BrNO4S/c1-6(4-10(13)14)17-9-3-2-7(12(15)16)5-8(9)11/h2-3,5-6H,4H2,1H3,(H,13,14). The van der Waals surface area contributed by atoms with Gasteiger partial charge < -0.3 is 5.11 Å². The summed E-state index contributed by atoms with van der Waals surface area (Å²) < 4.78 is 0.605. The molecule has 0 saturated heterocycles. The molecule has 5 nitrogen and oxygen atoms in total. The van der Waals surface area contributed by atoms with Crippen LogP contribution in [0.5, 0.6) is 0 Å². The van der Waals surface area contributed by atoms with Crippen molar-refractivity contribution in [2.75, 3.05) is 0 Å². The average Bonchev–Trinajstić information content (AvgIpc) is 2.19. The second kappa shape index (κ2) is 6.02. The quantitative estimate of drug-likeness (QED) is 0.511. The predicted octanol–water partition coefficient (Wildman–Crippen LogP) is 3.31. The number of rotatable bonds is 5. The van der Waals surface area contributed by atoms with Crippen molar-refractivity contribution in [2.45, 2.75) is 23.5 Å². The number of thioether (sulfide) groups is 1. The van der Waals surface area contributed by atoms with E-state index in [1.54, 1.807) is 13.0 Å². The molecule has 92 valence electrons. The first kappa shape index (κ1) is 14.0. The van der Waals surface area contributed by atoms with Crippen molar-refractivity contribution >= 4 is 39.3 Å². The Balaban J connectivity index is 2.79. The van der Waals surface area contributed by atoms with Gasteiger partial charge in [0.05, 0.1) is 11.3 Å². The van der Waals surface area contributed by atoms with Crippen LogP contribution in [0.25, 0.3) is 0 Å². The van der Waals surface area contributed by atoms with E-state index in [2.05, 4.69) is 15.9 Å². The number of carboxylic acid groups (broad SMARTS) is 1. The van der Waals surface area contributed by atoms with Gasteiger partial charge in [-0.05, 0) is 22.0 Å². The number of carboxylic acids is 1. The van der Waals surface area contributed by atoms with Crippen LogP contribution in [0.15, 0.2) is 27.6 Å². The summed E-state index contributed by atoms with van der Waals surface area (Å²) in [7, 11) is 0. The van der Waals surface area contributed by atoms with Gasteiger partial charge in [-0.15, -0.1) is 11.8 Å². The fraction of sp³-hybridized carbons (Fsp3) is 0.300. The van der Waals surface area contributed by atoms with Gasteiger partial charge in [-0.25, -0.2) is 0 Å². The van der Waals surface area contributed by atoms with E-state index in [9.17, 15) is 14.9 Å². The Morgan fingerprint density at radius 3 is 2.76 bits per heavy atom. The molecule has 0 aliphatic rings. The Bertz CT molecular complexity index is 452. The van der Waals surface area contributed by atoms with Crippen LogP contribution in [-0.2, 0) is 4.79 Å². The average molecular weight is 320 g/mol. The highest BCUT2D eigenvalue weighted by Crippen LogP contribution is 2.34. The molecule has 1 aromatic rings. The molecule has 0 heterocycles. The lowest BCUT2D eigenvalue weighted by Gasteiger charge is -2.09. The number of nitrogens with zero attached hydrogens (tertiary/aromatic N) is 1. The maximum absolute atomic E-state index is 10.5. The summed E-state index contributed by atoms with van der Waals surface area (Å²) in [6.45, 7) is 1.80.